The molecule has 2 unspecified atom stereocenters. The Morgan fingerprint density at radius 1 is 1.53 bits per heavy atom. The van der Waals surface area contributed by atoms with Gasteiger partial charge in [-0.05, 0) is 36.6 Å². The highest BCUT2D eigenvalue weighted by atomic mass is 16.3. The summed E-state index contributed by atoms with van der Waals surface area (Å²) in [6.07, 6.45) is 0.379. The number of nitrogens with one attached hydrogen (secondary N) is 1. The Balaban J connectivity index is 2.37. The van der Waals surface area contributed by atoms with E-state index in [9.17, 15) is 5.11 Å². The molecule has 0 radical (unpaired) electrons. The summed E-state index contributed by atoms with van der Waals surface area (Å²) in [5.74, 6) is 0. The lowest BCUT2D eigenvalue weighted by Crippen LogP contribution is -2.26. The summed E-state index contributed by atoms with van der Waals surface area (Å²) >= 11 is 0. The number of nitrogen functional groups attached to an aromatic ring is 1. The number of nitrogens with two attached hydrogens (primary N) is 1. The minimum atomic E-state index is -0.382. The SMILES string of the molecule is Cc1cc(N)ccc1C1(C)CNC(O)C1. The Morgan fingerprint density at radius 2 is 2.27 bits per heavy atom. The van der Waals surface area contributed by atoms with Crippen LogP contribution in [0.25, 0.3) is 0 Å². The lowest BCUT2D eigenvalue weighted by molar-refractivity contribution is 0.154. The van der Waals surface area contributed by atoms with Gasteiger partial charge in [-0.25, -0.2) is 0 Å². The van der Waals surface area contributed by atoms with Crippen LogP contribution in [0, 0.1) is 6.92 Å². The van der Waals surface area contributed by atoms with Crippen LogP contribution in [0.4, 0.5) is 5.69 Å². The molecule has 1 aromatic rings. The fraction of sp³-hybridized carbons (Fsp3) is 0.500. The first kappa shape index (κ1) is 10.5. The topological polar surface area (TPSA) is 58.3 Å². The van der Waals surface area contributed by atoms with Crippen molar-refractivity contribution in [1.82, 2.24) is 5.32 Å². The predicted octanol–water partition coefficient (Wildman–Crippen LogP) is 1.15. The molecule has 82 valence electrons. The molecule has 1 fully saturated rings. The third kappa shape index (κ3) is 1.85. The van der Waals surface area contributed by atoms with Gasteiger partial charge in [0.2, 0.25) is 0 Å². The zero-order valence-corrected chi connectivity index (χ0v) is 9.25. The van der Waals surface area contributed by atoms with Crippen LogP contribution in [0.2, 0.25) is 0 Å². The molecule has 15 heavy (non-hydrogen) atoms. The van der Waals surface area contributed by atoms with Crippen molar-refractivity contribution in [1.29, 1.82) is 0 Å². The highest BCUT2D eigenvalue weighted by molar-refractivity contribution is 5.47. The molecule has 0 aromatic heterocycles. The molecular weight excluding hydrogens is 188 g/mol. The minimum Gasteiger partial charge on any atom is -0.399 e. The smallest absolute Gasteiger partial charge is 0.105 e. The van der Waals surface area contributed by atoms with E-state index in [1.807, 2.05) is 12.1 Å². The van der Waals surface area contributed by atoms with Crippen LogP contribution in [0.1, 0.15) is 24.5 Å². The monoisotopic (exact) mass is 206 g/mol. The second-order valence-electron chi connectivity index (χ2n) is 4.74. The molecule has 2 rings (SSSR count). The Kier molecular flexibility index (Phi) is 2.44. The van der Waals surface area contributed by atoms with Crippen LogP contribution in [0.15, 0.2) is 18.2 Å². The van der Waals surface area contributed by atoms with Gasteiger partial charge in [0.1, 0.15) is 6.23 Å². The van der Waals surface area contributed by atoms with Crippen molar-refractivity contribution in [2.45, 2.75) is 31.9 Å². The Bertz CT molecular complexity index is 378. The summed E-state index contributed by atoms with van der Waals surface area (Å²) < 4.78 is 0. The van der Waals surface area contributed by atoms with Crippen molar-refractivity contribution in [3.05, 3.63) is 29.3 Å². The Morgan fingerprint density at radius 3 is 2.80 bits per heavy atom. The van der Waals surface area contributed by atoms with Crippen molar-refractivity contribution in [2.75, 3.05) is 12.3 Å². The van der Waals surface area contributed by atoms with Gasteiger partial charge in [-0.1, -0.05) is 13.0 Å². The molecule has 1 aliphatic heterocycles. The number of aliphatic hydroxyl groups excluding tert-OH is 1. The molecule has 3 nitrogen and oxygen atoms in total. The van der Waals surface area contributed by atoms with Gasteiger partial charge in [-0.3, -0.25) is 5.32 Å². The van der Waals surface area contributed by atoms with E-state index in [2.05, 4.69) is 25.2 Å². The zero-order valence-electron chi connectivity index (χ0n) is 9.25. The van der Waals surface area contributed by atoms with Gasteiger partial charge < -0.3 is 10.8 Å². The molecule has 1 saturated heterocycles. The average Bonchev–Trinajstić information content (AvgIpc) is 2.46. The van der Waals surface area contributed by atoms with Crippen LogP contribution >= 0.6 is 0 Å². The van der Waals surface area contributed by atoms with Gasteiger partial charge in [0.15, 0.2) is 0 Å². The van der Waals surface area contributed by atoms with E-state index >= 15 is 0 Å². The number of anilines is 1. The summed E-state index contributed by atoms with van der Waals surface area (Å²) in [6, 6.07) is 5.99. The van der Waals surface area contributed by atoms with Crippen LogP contribution in [0.3, 0.4) is 0 Å². The van der Waals surface area contributed by atoms with Crippen molar-refractivity contribution < 1.29 is 5.11 Å². The van der Waals surface area contributed by atoms with Gasteiger partial charge in [0, 0.05) is 17.6 Å². The molecule has 2 atom stereocenters. The maximum atomic E-state index is 9.54. The number of aliphatic hydroxyl groups is 1. The standard InChI is InChI=1S/C12H18N2O/c1-8-5-9(13)3-4-10(8)12(2)6-11(15)14-7-12/h3-5,11,14-15H,6-7,13H2,1-2H3. The first-order valence-electron chi connectivity index (χ1n) is 5.29. The highest BCUT2D eigenvalue weighted by Gasteiger charge is 2.36. The molecule has 0 bridgehead atoms. The zero-order chi connectivity index (χ0) is 11.1. The van der Waals surface area contributed by atoms with Crippen molar-refractivity contribution >= 4 is 5.69 Å². The first-order chi connectivity index (χ1) is 7.01. The molecular formula is C12H18N2O. The number of aryl methyl sites for hydroxylation is 1. The van der Waals surface area contributed by atoms with E-state index in [1.54, 1.807) is 0 Å². The molecule has 0 spiro atoms. The molecule has 0 saturated carbocycles. The molecule has 1 aliphatic rings. The summed E-state index contributed by atoms with van der Waals surface area (Å²) in [5.41, 5.74) is 9.03. The van der Waals surface area contributed by atoms with Gasteiger partial charge in [-0.2, -0.15) is 0 Å². The fourth-order valence-electron chi connectivity index (χ4n) is 2.48. The van der Waals surface area contributed by atoms with E-state index in [1.165, 1.54) is 11.1 Å². The van der Waals surface area contributed by atoms with Crippen LogP contribution in [-0.4, -0.2) is 17.9 Å². The van der Waals surface area contributed by atoms with Gasteiger partial charge in [0.25, 0.3) is 0 Å². The van der Waals surface area contributed by atoms with Crippen molar-refractivity contribution in [3.8, 4) is 0 Å². The number of rotatable bonds is 1. The van der Waals surface area contributed by atoms with E-state index in [-0.39, 0.29) is 11.6 Å². The molecule has 3 heteroatoms. The summed E-state index contributed by atoms with van der Waals surface area (Å²) in [7, 11) is 0. The van der Waals surface area contributed by atoms with Gasteiger partial charge in [-0.15, -0.1) is 0 Å². The lowest BCUT2D eigenvalue weighted by Gasteiger charge is -2.25. The highest BCUT2D eigenvalue weighted by Crippen LogP contribution is 2.34. The first-order valence-corrected chi connectivity index (χ1v) is 5.29. The summed E-state index contributed by atoms with van der Waals surface area (Å²) in [6.45, 7) is 5.06. The maximum Gasteiger partial charge on any atom is 0.105 e. The molecule has 0 amide bonds. The van der Waals surface area contributed by atoms with Crippen LogP contribution < -0.4 is 11.1 Å². The van der Waals surface area contributed by atoms with Gasteiger partial charge >= 0.3 is 0 Å². The Labute approximate surface area is 90.3 Å². The quantitative estimate of drug-likeness (QED) is 0.604. The third-order valence-electron chi connectivity index (χ3n) is 3.27. The summed E-state index contributed by atoms with van der Waals surface area (Å²) in [4.78, 5) is 0. The lowest BCUT2D eigenvalue weighted by atomic mass is 9.79. The predicted molar refractivity (Wildman–Crippen MR) is 61.6 cm³/mol. The van der Waals surface area contributed by atoms with Crippen molar-refractivity contribution in [3.63, 3.8) is 0 Å². The van der Waals surface area contributed by atoms with E-state index < -0.39 is 0 Å². The Hall–Kier alpha value is -1.06. The molecule has 1 heterocycles. The molecule has 1 aromatic carbocycles. The number of hydrogen-bond acceptors (Lipinski definition) is 3. The average molecular weight is 206 g/mol. The normalized spacial score (nSPS) is 30.7. The largest absolute Gasteiger partial charge is 0.399 e. The summed E-state index contributed by atoms with van der Waals surface area (Å²) in [5, 5.41) is 12.6. The minimum absolute atomic E-state index is 0.0250. The second kappa shape index (κ2) is 3.51. The second-order valence-corrected chi connectivity index (χ2v) is 4.74. The molecule has 4 N–H and O–H groups in total. The van der Waals surface area contributed by atoms with E-state index in [4.69, 9.17) is 5.73 Å². The third-order valence-corrected chi connectivity index (χ3v) is 3.27. The van der Waals surface area contributed by atoms with Crippen LogP contribution in [0.5, 0.6) is 0 Å². The number of benzene rings is 1. The maximum absolute atomic E-state index is 9.54. The van der Waals surface area contributed by atoms with E-state index in [0.29, 0.717) is 0 Å². The van der Waals surface area contributed by atoms with E-state index in [0.717, 1.165) is 18.7 Å². The van der Waals surface area contributed by atoms with Crippen molar-refractivity contribution in [2.24, 2.45) is 0 Å². The number of hydrogen-bond donors (Lipinski definition) is 3. The fourth-order valence-corrected chi connectivity index (χ4v) is 2.48. The van der Waals surface area contributed by atoms with Gasteiger partial charge in [0.05, 0.1) is 0 Å². The molecule has 0 aliphatic carbocycles. The van der Waals surface area contributed by atoms with Crippen LogP contribution in [-0.2, 0) is 5.41 Å².